The first-order valence-corrected chi connectivity index (χ1v) is 8.35. The van der Waals surface area contributed by atoms with Crippen LogP contribution in [0.2, 0.25) is 0 Å². The van der Waals surface area contributed by atoms with Gasteiger partial charge in [0.2, 0.25) is 0 Å². The van der Waals surface area contributed by atoms with Crippen LogP contribution in [0.15, 0.2) is 0 Å². The van der Waals surface area contributed by atoms with Crippen LogP contribution in [-0.4, -0.2) is 43.4 Å². The van der Waals surface area contributed by atoms with Gasteiger partial charge in [-0.15, -0.1) is 0 Å². The van der Waals surface area contributed by atoms with Gasteiger partial charge in [-0.3, -0.25) is 4.68 Å². The quantitative estimate of drug-likeness (QED) is 0.883. The SMILES string of the molecule is Cc1nn(C)c2c1[nH]c(=S)n2CCCN1CCCCC1C. The molecule has 1 fully saturated rings. The molecule has 0 bridgehead atoms. The molecule has 2 aromatic heterocycles. The van der Waals surface area contributed by atoms with E-state index in [0.717, 1.165) is 47.2 Å². The summed E-state index contributed by atoms with van der Waals surface area (Å²) >= 11 is 5.47. The van der Waals surface area contributed by atoms with Gasteiger partial charge in [0.25, 0.3) is 0 Å². The summed E-state index contributed by atoms with van der Waals surface area (Å²) in [5.74, 6) is 0. The number of rotatable bonds is 4. The lowest BCUT2D eigenvalue weighted by Gasteiger charge is -2.33. The zero-order valence-electron chi connectivity index (χ0n) is 13.2. The Balaban J connectivity index is 1.70. The molecular formula is C15H25N5S. The normalized spacial score (nSPS) is 20.4. The van der Waals surface area contributed by atoms with E-state index >= 15 is 0 Å². The van der Waals surface area contributed by atoms with Crippen molar-refractivity contribution in [1.82, 2.24) is 24.2 Å². The molecule has 21 heavy (non-hydrogen) atoms. The molecule has 0 amide bonds. The molecule has 116 valence electrons. The highest BCUT2D eigenvalue weighted by Crippen LogP contribution is 2.19. The van der Waals surface area contributed by atoms with Crippen molar-refractivity contribution in [1.29, 1.82) is 0 Å². The molecule has 1 saturated heterocycles. The average molecular weight is 307 g/mol. The fourth-order valence-electron chi connectivity index (χ4n) is 3.50. The maximum absolute atomic E-state index is 5.47. The van der Waals surface area contributed by atoms with Crippen LogP contribution in [-0.2, 0) is 13.6 Å². The minimum Gasteiger partial charge on any atom is -0.328 e. The Bertz CT molecular complexity index is 680. The Morgan fingerprint density at radius 3 is 2.90 bits per heavy atom. The van der Waals surface area contributed by atoms with Gasteiger partial charge < -0.3 is 14.5 Å². The molecule has 0 aromatic carbocycles. The van der Waals surface area contributed by atoms with Gasteiger partial charge in [-0.25, -0.2) is 0 Å². The molecule has 0 spiro atoms. The molecule has 1 aliphatic rings. The maximum Gasteiger partial charge on any atom is 0.179 e. The van der Waals surface area contributed by atoms with E-state index in [9.17, 15) is 0 Å². The second kappa shape index (κ2) is 5.93. The fourth-order valence-corrected chi connectivity index (χ4v) is 3.78. The molecule has 0 saturated carbocycles. The third-order valence-corrected chi connectivity index (χ3v) is 5.01. The van der Waals surface area contributed by atoms with Crippen LogP contribution in [0.1, 0.15) is 38.3 Å². The van der Waals surface area contributed by atoms with Gasteiger partial charge in [-0.2, -0.15) is 5.10 Å². The smallest absolute Gasteiger partial charge is 0.179 e. The van der Waals surface area contributed by atoms with Crippen molar-refractivity contribution in [2.24, 2.45) is 7.05 Å². The topological polar surface area (TPSA) is 41.8 Å². The van der Waals surface area contributed by atoms with Crippen molar-refractivity contribution in [3.63, 3.8) is 0 Å². The van der Waals surface area contributed by atoms with E-state index in [1.165, 1.54) is 25.8 Å². The van der Waals surface area contributed by atoms with Gasteiger partial charge in [0.15, 0.2) is 10.4 Å². The van der Waals surface area contributed by atoms with E-state index in [0.29, 0.717) is 0 Å². The molecule has 0 aliphatic carbocycles. The van der Waals surface area contributed by atoms with Crippen LogP contribution in [0.5, 0.6) is 0 Å². The summed E-state index contributed by atoms with van der Waals surface area (Å²) in [5, 5.41) is 4.47. The molecule has 1 N–H and O–H groups in total. The summed E-state index contributed by atoms with van der Waals surface area (Å²) < 4.78 is 4.94. The summed E-state index contributed by atoms with van der Waals surface area (Å²) in [4.78, 5) is 5.91. The van der Waals surface area contributed by atoms with Gasteiger partial charge in [0, 0.05) is 26.2 Å². The minimum atomic E-state index is 0.733. The third-order valence-electron chi connectivity index (χ3n) is 4.69. The first kappa shape index (κ1) is 14.8. The van der Waals surface area contributed by atoms with Gasteiger partial charge >= 0.3 is 0 Å². The Morgan fingerprint density at radius 2 is 2.14 bits per heavy atom. The lowest BCUT2D eigenvalue weighted by molar-refractivity contribution is 0.157. The number of piperidine rings is 1. The molecule has 1 unspecified atom stereocenters. The maximum atomic E-state index is 5.47. The number of aryl methyl sites for hydroxylation is 3. The number of hydrogen-bond acceptors (Lipinski definition) is 3. The van der Waals surface area contributed by atoms with Gasteiger partial charge in [0.1, 0.15) is 5.52 Å². The molecule has 1 aliphatic heterocycles. The van der Waals surface area contributed by atoms with Crippen molar-refractivity contribution in [2.45, 2.75) is 52.1 Å². The summed E-state index contributed by atoms with van der Waals surface area (Å²) in [5.41, 5.74) is 3.21. The van der Waals surface area contributed by atoms with Crippen LogP contribution >= 0.6 is 12.2 Å². The lowest BCUT2D eigenvalue weighted by Crippen LogP contribution is -2.38. The molecule has 1 atom stereocenters. The zero-order valence-corrected chi connectivity index (χ0v) is 14.0. The van der Waals surface area contributed by atoms with E-state index in [1.54, 1.807) is 0 Å². The van der Waals surface area contributed by atoms with Crippen LogP contribution in [0.4, 0.5) is 0 Å². The summed E-state index contributed by atoms with van der Waals surface area (Å²) in [6, 6.07) is 0.733. The Hall–Kier alpha value is -1.14. The monoisotopic (exact) mass is 307 g/mol. The Labute approximate surface area is 130 Å². The van der Waals surface area contributed by atoms with Crippen molar-refractivity contribution in [2.75, 3.05) is 13.1 Å². The molecule has 5 nitrogen and oxygen atoms in total. The van der Waals surface area contributed by atoms with Gasteiger partial charge in [0.05, 0.1) is 5.69 Å². The number of imidazole rings is 1. The molecule has 3 heterocycles. The largest absolute Gasteiger partial charge is 0.328 e. The van der Waals surface area contributed by atoms with E-state index in [4.69, 9.17) is 12.2 Å². The molecule has 3 rings (SSSR count). The van der Waals surface area contributed by atoms with Gasteiger partial charge in [-0.1, -0.05) is 6.42 Å². The van der Waals surface area contributed by atoms with Crippen molar-refractivity contribution in [3.05, 3.63) is 10.5 Å². The van der Waals surface area contributed by atoms with Crippen molar-refractivity contribution >= 4 is 23.4 Å². The summed E-state index contributed by atoms with van der Waals surface area (Å²) in [6.07, 6.45) is 5.21. The number of nitrogens with one attached hydrogen (secondary N) is 1. The van der Waals surface area contributed by atoms with E-state index in [1.807, 2.05) is 18.7 Å². The first-order valence-electron chi connectivity index (χ1n) is 7.94. The highest BCUT2D eigenvalue weighted by molar-refractivity contribution is 7.71. The first-order chi connectivity index (χ1) is 10.1. The predicted octanol–water partition coefficient (Wildman–Crippen LogP) is 3.01. The number of fused-ring (bicyclic) bond motifs is 1. The van der Waals surface area contributed by atoms with Crippen LogP contribution in [0, 0.1) is 11.7 Å². The number of hydrogen-bond donors (Lipinski definition) is 1. The Kier molecular flexibility index (Phi) is 4.17. The highest BCUT2D eigenvalue weighted by Gasteiger charge is 2.18. The Morgan fingerprint density at radius 1 is 1.33 bits per heavy atom. The number of likely N-dealkylation sites (tertiary alicyclic amines) is 1. The fraction of sp³-hybridized carbons (Fsp3) is 0.733. The molecule has 2 aromatic rings. The second-order valence-corrected chi connectivity index (χ2v) is 6.61. The lowest BCUT2D eigenvalue weighted by atomic mass is 10.0. The molecular weight excluding hydrogens is 282 g/mol. The second-order valence-electron chi connectivity index (χ2n) is 6.22. The number of aromatic nitrogens is 4. The van der Waals surface area contributed by atoms with E-state index in [-0.39, 0.29) is 0 Å². The number of nitrogens with zero attached hydrogens (tertiary/aromatic N) is 4. The molecule has 6 heteroatoms. The van der Waals surface area contributed by atoms with Crippen LogP contribution < -0.4 is 0 Å². The van der Waals surface area contributed by atoms with Crippen molar-refractivity contribution in [3.8, 4) is 0 Å². The predicted molar refractivity (Wildman–Crippen MR) is 88.1 cm³/mol. The van der Waals surface area contributed by atoms with E-state index in [2.05, 4.69) is 26.5 Å². The van der Waals surface area contributed by atoms with Crippen LogP contribution in [0.25, 0.3) is 11.2 Å². The summed E-state index contributed by atoms with van der Waals surface area (Å²) in [6.45, 7) is 7.74. The number of H-pyrrole nitrogens is 1. The number of aromatic amines is 1. The van der Waals surface area contributed by atoms with E-state index < -0.39 is 0 Å². The third kappa shape index (κ3) is 2.79. The van der Waals surface area contributed by atoms with Crippen molar-refractivity contribution < 1.29 is 0 Å². The zero-order chi connectivity index (χ0) is 15.0. The summed E-state index contributed by atoms with van der Waals surface area (Å²) in [7, 11) is 1.99. The molecule has 0 radical (unpaired) electrons. The van der Waals surface area contributed by atoms with Gasteiger partial charge in [-0.05, 0) is 51.9 Å². The van der Waals surface area contributed by atoms with Crippen LogP contribution in [0.3, 0.4) is 0 Å². The average Bonchev–Trinajstić information content (AvgIpc) is 2.91. The highest BCUT2D eigenvalue weighted by atomic mass is 32.1. The standard InChI is InChI=1S/C15H25N5S/c1-11-7-4-5-8-19(11)9-6-10-20-14-13(16-15(20)21)12(2)17-18(14)3/h11H,4-10H2,1-3H3,(H,16,21). The minimum absolute atomic E-state index is 0.733.